The molecule has 3 rings (SSSR count). The molecule has 1 unspecified atom stereocenters. The maximum atomic E-state index is 13.6. The highest BCUT2D eigenvalue weighted by Gasteiger charge is 2.28. The maximum absolute atomic E-state index is 13.6. The zero-order valence-electron chi connectivity index (χ0n) is 16.5. The van der Waals surface area contributed by atoms with Crippen molar-refractivity contribution in [1.29, 1.82) is 0 Å². The molecule has 6 nitrogen and oxygen atoms in total. The average molecular weight is 416 g/mol. The molecular weight excluding hydrogens is 394 g/mol. The zero-order chi connectivity index (χ0) is 21.7. The Morgan fingerprint density at radius 2 is 1.93 bits per heavy atom. The van der Waals surface area contributed by atoms with Gasteiger partial charge in [0.15, 0.2) is 6.10 Å². The molecule has 0 fully saturated rings. The summed E-state index contributed by atoms with van der Waals surface area (Å²) in [7, 11) is 0. The lowest BCUT2D eigenvalue weighted by molar-refractivity contribution is -0.153. The number of benzene rings is 2. The second-order valence-electron chi connectivity index (χ2n) is 6.98. The third-order valence-corrected chi connectivity index (χ3v) is 4.82. The summed E-state index contributed by atoms with van der Waals surface area (Å²) in [6.45, 7) is 1.95. The van der Waals surface area contributed by atoms with E-state index in [1.54, 1.807) is 4.90 Å². The molecular formula is C22H22F2N2O4. The fraction of sp³-hybridized carbons (Fsp3) is 0.318. The van der Waals surface area contributed by atoms with Crippen LogP contribution in [0.4, 0.5) is 14.5 Å². The van der Waals surface area contributed by atoms with Crippen LogP contribution < -0.4 is 10.2 Å². The van der Waals surface area contributed by atoms with Crippen LogP contribution in [0.2, 0.25) is 0 Å². The van der Waals surface area contributed by atoms with Gasteiger partial charge in [0, 0.05) is 24.8 Å². The molecule has 30 heavy (non-hydrogen) atoms. The van der Waals surface area contributed by atoms with Gasteiger partial charge in [0.2, 0.25) is 0 Å². The fourth-order valence-corrected chi connectivity index (χ4v) is 3.34. The van der Waals surface area contributed by atoms with E-state index < -0.39 is 29.6 Å². The third-order valence-electron chi connectivity index (χ3n) is 4.82. The number of anilines is 1. The summed E-state index contributed by atoms with van der Waals surface area (Å²) >= 11 is 0. The summed E-state index contributed by atoms with van der Waals surface area (Å²) in [5, 5.41) is 2.37. The van der Waals surface area contributed by atoms with Crippen molar-refractivity contribution in [2.24, 2.45) is 0 Å². The molecule has 2 aromatic rings. The van der Waals surface area contributed by atoms with Gasteiger partial charge in [-0.05, 0) is 43.5 Å². The smallest absolute Gasteiger partial charge is 0.308 e. The van der Waals surface area contributed by atoms with Gasteiger partial charge < -0.3 is 15.0 Å². The summed E-state index contributed by atoms with van der Waals surface area (Å²) in [5.41, 5.74) is 1.58. The largest absolute Gasteiger partial charge is 0.452 e. The number of fused-ring (bicyclic) bond motifs is 1. The summed E-state index contributed by atoms with van der Waals surface area (Å²) in [6.07, 6.45) is 0.551. The Kier molecular flexibility index (Phi) is 6.76. The maximum Gasteiger partial charge on any atom is 0.308 e. The number of nitrogens with zero attached hydrogens (tertiary/aromatic N) is 1. The molecule has 1 aliphatic rings. The van der Waals surface area contributed by atoms with E-state index in [1.807, 2.05) is 24.3 Å². The topological polar surface area (TPSA) is 75.7 Å². The van der Waals surface area contributed by atoms with Gasteiger partial charge in [-0.3, -0.25) is 14.4 Å². The van der Waals surface area contributed by atoms with Crippen molar-refractivity contribution in [2.75, 3.05) is 18.0 Å². The molecule has 0 spiro atoms. The van der Waals surface area contributed by atoms with E-state index in [0.29, 0.717) is 12.6 Å². The van der Waals surface area contributed by atoms with Crippen LogP contribution in [0.5, 0.6) is 0 Å². The van der Waals surface area contributed by atoms with Crippen LogP contribution in [0, 0.1) is 11.6 Å². The first-order valence-electron chi connectivity index (χ1n) is 9.69. The van der Waals surface area contributed by atoms with Crippen molar-refractivity contribution < 1.29 is 27.9 Å². The number of hydrogen-bond acceptors (Lipinski definition) is 4. The number of halogens is 2. The first kappa shape index (κ1) is 21.4. The van der Waals surface area contributed by atoms with Crippen molar-refractivity contribution in [2.45, 2.75) is 32.3 Å². The number of carbonyl (C=O) groups is 3. The molecule has 1 N–H and O–H groups in total. The number of rotatable bonds is 6. The number of nitrogens with one attached hydrogen (secondary N) is 1. The van der Waals surface area contributed by atoms with Crippen LogP contribution in [-0.4, -0.2) is 37.0 Å². The highest BCUT2D eigenvalue weighted by Crippen LogP contribution is 2.27. The molecule has 0 saturated heterocycles. The highest BCUT2D eigenvalue weighted by molar-refractivity contribution is 5.98. The van der Waals surface area contributed by atoms with Gasteiger partial charge >= 0.3 is 5.97 Å². The molecule has 0 aromatic heterocycles. The Labute approximate surface area is 172 Å². The van der Waals surface area contributed by atoms with Crippen LogP contribution in [0.15, 0.2) is 42.5 Å². The predicted molar refractivity (Wildman–Crippen MR) is 106 cm³/mol. The molecule has 1 heterocycles. The third kappa shape index (κ3) is 5.00. The Morgan fingerprint density at radius 3 is 2.70 bits per heavy atom. The Balaban J connectivity index is 1.49. The SMILES string of the molecule is CC(OC(=O)CCNC(=O)c1ccc(F)cc1F)C(=O)N1CCCc2ccccc21. The average Bonchev–Trinajstić information content (AvgIpc) is 2.72. The number of esters is 1. The summed E-state index contributed by atoms with van der Waals surface area (Å²) in [6, 6.07) is 10.2. The van der Waals surface area contributed by atoms with Gasteiger partial charge in [0.1, 0.15) is 11.6 Å². The van der Waals surface area contributed by atoms with Gasteiger partial charge in [0.05, 0.1) is 12.0 Å². The molecule has 1 atom stereocenters. The lowest BCUT2D eigenvalue weighted by atomic mass is 10.0. The van der Waals surface area contributed by atoms with Crippen LogP contribution in [-0.2, 0) is 20.7 Å². The number of para-hydroxylation sites is 1. The Hall–Kier alpha value is -3.29. The first-order chi connectivity index (χ1) is 14.4. The predicted octanol–water partition coefficient (Wildman–Crippen LogP) is 3.00. The standard InChI is InChI=1S/C22H22F2N2O4/c1-14(22(29)26-12-4-6-15-5-2-3-7-19(15)26)30-20(27)10-11-25-21(28)17-9-8-16(23)13-18(17)24/h2-3,5,7-9,13-14H,4,6,10-12H2,1H3,(H,25,28). The van der Waals surface area contributed by atoms with E-state index in [9.17, 15) is 23.2 Å². The van der Waals surface area contributed by atoms with Crippen LogP contribution in [0.1, 0.15) is 35.7 Å². The number of ether oxygens (including phenoxy) is 1. The van der Waals surface area contributed by atoms with Crippen LogP contribution in [0.3, 0.4) is 0 Å². The van der Waals surface area contributed by atoms with Crippen molar-refractivity contribution in [3.63, 3.8) is 0 Å². The monoisotopic (exact) mass is 416 g/mol. The van der Waals surface area contributed by atoms with Gasteiger partial charge in [0.25, 0.3) is 11.8 Å². The molecule has 1 aliphatic heterocycles. The van der Waals surface area contributed by atoms with Gasteiger partial charge in [-0.15, -0.1) is 0 Å². The normalized spacial score (nSPS) is 13.9. The van der Waals surface area contributed by atoms with E-state index in [4.69, 9.17) is 4.74 Å². The van der Waals surface area contributed by atoms with Crippen molar-refractivity contribution in [3.05, 3.63) is 65.2 Å². The van der Waals surface area contributed by atoms with Crippen molar-refractivity contribution >= 4 is 23.5 Å². The minimum Gasteiger partial charge on any atom is -0.452 e. The minimum absolute atomic E-state index is 0.109. The molecule has 0 bridgehead atoms. The Bertz CT molecular complexity index is 964. The highest BCUT2D eigenvalue weighted by atomic mass is 19.1. The summed E-state index contributed by atoms with van der Waals surface area (Å²) < 4.78 is 31.7. The lowest BCUT2D eigenvalue weighted by Crippen LogP contribution is -2.43. The summed E-state index contributed by atoms with van der Waals surface area (Å²) in [5.74, 6) is -3.53. The second-order valence-corrected chi connectivity index (χ2v) is 6.98. The number of amides is 2. The van der Waals surface area contributed by atoms with E-state index in [2.05, 4.69) is 5.32 Å². The molecule has 8 heteroatoms. The molecule has 2 amide bonds. The molecule has 0 radical (unpaired) electrons. The number of carbonyl (C=O) groups excluding carboxylic acids is 3. The molecule has 2 aromatic carbocycles. The minimum atomic E-state index is -0.990. The van der Waals surface area contributed by atoms with E-state index >= 15 is 0 Å². The quantitative estimate of drug-likeness (QED) is 0.735. The zero-order valence-corrected chi connectivity index (χ0v) is 16.5. The van der Waals surface area contributed by atoms with Crippen molar-refractivity contribution in [3.8, 4) is 0 Å². The van der Waals surface area contributed by atoms with E-state index in [-0.39, 0.29) is 24.4 Å². The lowest BCUT2D eigenvalue weighted by Gasteiger charge is -2.31. The van der Waals surface area contributed by atoms with E-state index in [1.165, 1.54) is 6.92 Å². The van der Waals surface area contributed by atoms with Gasteiger partial charge in [-0.2, -0.15) is 0 Å². The fourth-order valence-electron chi connectivity index (χ4n) is 3.34. The van der Waals surface area contributed by atoms with Crippen molar-refractivity contribution in [1.82, 2.24) is 5.32 Å². The molecule has 158 valence electrons. The summed E-state index contributed by atoms with van der Waals surface area (Å²) in [4.78, 5) is 38.3. The van der Waals surface area contributed by atoms with Crippen LogP contribution in [0.25, 0.3) is 0 Å². The molecule has 0 aliphatic carbocycles. The van der Waals surface area contributed by atoms with E-state index in [0.717, 1.165) is 36.2 Å². The van der Waals surface area contributed by atoms with Gasteiger partial charge in [-0.25, -0.2) is 8.78 Å². The Morgan fingerprint density at radius 1 is 1.17 bits per heavy atom. The second kappa shape index (κ2) is 9.47. The number of hydrogen-bond donors (Lipinski definition) is 1. The first-order valence-corrected chi connectivity index (χ1v) is 9.69. The molecule has 0 saturated carbocycles. The van der Waals surface area contributed by atoms with Crippen LogP contribution >= 0.6 is 0 Å². The number of aryl methyl sites for hydroxylation is 1. The van der Waals surface area contributed by atoms with Gasteiger partial charge in [-0.1, -0.05) is 18.2 Å².